The summed E-state index contributed by atoms with van der Waals surface area (Å²) in [6, 6.07) is 0. The molecule has 0 spiro atoms. The Morgan fingerprint density at radius 2 is 0.857 bits per heavy atom. The summed E-state index contributed by atoms with van der Waals surface area (Å²) in [6.07, 6.45) is 56.8. The van der Waals surface area contributed by atoms with Crippen molar-refractivity contribution in [2.45, 2.75) is 276 Å². The maximum absolute atomic E-state index is 13.1. The molecular formula is C65H106O12. The SMILES string of the molecule is CC/C=C\C/C=C\C/C=C\C/C=C\C/C=C\CC(=O)OC(COC(=O)CCCCCCCCC/C=C\C/C=C\CCCCC)COC1OC(C(=O)O)C(O)C(O)C1OC(=O)CCCCCCC/C=C\CCCCCCCC. The minimum atomic E-state index is -1.92. The fourth-order valence-electron chi connectivity index (χ4n) is 8.53. The van der Waals surface area contributed by atoms with Gasteiger partial charge in [0.2, 0.25) is 0 Å². The summed E-state index contributed by atoms with van der Waals surface area (Å²) in [4.78, 5) is 51.1. The molecule has 1 rings (SSSR count). The van der Waals surface area contributed by atoms with Crippen LogP contribution in [0.3, 0.4) is 0 Å². The van der Waals surface area contributed by atoms with Crippen molar-refractivity contribution in [1.29, 1.82) is 0 Å². The number of aliphatic carboxylic acids is 1. The van der Waals surface area contributed by atoms with Crippen molar-refractivity contribution in [3.05, 3.63) is 97.2 Å². The first kappa shape index (κ1) is 70.7. The van der Waals surface area contributed by atoms with E-state index >= 15 is 0 Å². The monoisotopic (exact) mass is 1080 g/mol. The fourth-order valence-corrected chi connectivity index (χ4v) is 8.53. The van der Waals surface area contributed by atoms with E-state index in [0.29, 0.717) is 19.3 Å². The molecule has 77 heavy (non-hydrogen) atoms. The lowest BCUT2D eigenvalue weighted by Crippen LogP contribution is -2.61. The molecule has 0 aromatic heterocycles. The number of hydrogen-bond donors (Lipinski definition) is 3. The fraction of sp³-hybridized carbons (Fsp3) is 0.692. The largest absolute Gasteiger partial charge is 0.479 e. The zero-order chi connectivity index (χ0) is 56.1. The van der Waals surface area contributed by atoms with Gasteiger partial charge in [-0.25, -0.2) is 4.79 Å². The van der Waals surface area contributed by atoms with Crippen molar-refractivity contribution in [2.24, 2.45) is 0 Å². The Bertz CT molecular complexity index is 1710. The first-order valence-corrected chi connectivity index (χ1v) is 30.2. The molecule has 1 fully saturated rings. The van der Waals surface area contributed by atoms with E-state index in [1.807, 2.05) is 18.2 Å². The highest BCUT2D eigenvalue weighted by Gasteiger charge is 2.50. The van der Waals surface area contributed by atoms with Crippen molar-refractivity contribution >= 4 is 23.9 Å². The number of hydrogen-bond acceptors (Lipinski definition) is 11. The number of carbonyl (C=O) groups is 4. The number of carboxylic acid groups (broad SMARTS) is 1. The zero-order valence-electron chi connectivity index (χ0n) is 48.2. The number of carbonyl (C=O) groups excluding carboxylic acids is 3. The Kier molecular flexibility index (Phi) is 48.0. The van der Waals surface area contributed by atoms with E-state index in [2.05, 4.69) is 93.7 Å². The number of carboxylic acids is 1. The Labute approximate surface area is 466 Å². The molecule has 0 aliphatic carbocycles. The number of aliphatic hydroxyl groups is 2. The van der Waals surface area contributed by atoms with Crippen LogP contribution in [0.15, 0.2) is 97.2 Å². The van der Waals surface area contributed by atoms with Crippen LogP contribution in [0.25, 0.3) is 0 Å². The van der Waals surface area contributed by atoms with Gasteiger partial charge >= 0.3 is 23.9 Å². The maximum Gasteiger partial charge on any atom is 0.335 e. The van der Waals surface area contributed by atoms with E-state index < -0.39 is 67.3 Å². The Hall–Kier alpha value is -4.36. The molecule has 0 aromatic rings. The van der Waals surface area contributed by atoms with Crippen molar-refractivity contribution in [3.63, 3.8) is 0 Å². The van der Waals surface area contributed by atoms with Gasteiger partial charge in [0.1, 0.15) is 18.8 Å². The minimum absolute atomic E-state index is 0.0358. The predicted molar refractivity (Wildman–Crippen MR) is 312 cm³/mol. The lowest BCUT2D eigenvalue weighted by Gasteiger charge is -2.40. The molecular weight excluding hydrogens is 973 g/mol. The number of unbranched alkanes of at least 4 members (excludes halogenated alkanes) is 21. The Balaban J connectivity index is 2.75. The predicted octanol–water partition coefficient (Wildman–Crippen LogP) is 15.7. The van der Waals surface area contributed by atoms with Crippen molar-refractivity contribution < 1.29 is 58.2 Å². The summed E-state index contributed by atoms with van der Waals surface area (Å²) in [5, 5.41) is 31.5. The molecule has 1 heterocycles. The molecule has 6 atom stereocenters. The maximum atomic E-state index is 13.1. The lowest BCUT2D eigenvalue weighted by molar-refractivity contribution is -0.301. The van der Waals surface area contributed by atoms with Gasteiger partial charge in [0.15, 0.2) is 24.6 Å². The second-order valence-electron chi connectivity index (χ2n) is 20.3. The third-order valence-electron chi connectivity index (χ3n) is 13.1. The van der Waals surface area contributed by atoms with Gasteiger partial charge in [-0.2, -0.15) is 0 Å². The second-order valence-corrected chi connectivity index (χ2v) is 20.3. The van der Waals surface area contributed by atoms with Gasteiger partial charge in [-0.15, -0.1) is 0 Å². The summed E-state index contributed by atoms with van der Waals surface area (Å²) in [5.74, 6) is -3.31. The lowest BCUT2D eigenvalue weighted by atomic mass is 9.98. The van der Waals surface area contributed by atoms with Crippen LogP contribution in [0.5, 0.6) is 0 Å². The first-order valence-electron chi connectivity index (χ1n) is 30.2. The highest BCUT2D eigenvalue weighted by Crippen LogP contribution is 2.26. The van der Waals surface area contributed by atoms with Gasteiger partial charge < -0.3 is 39.0 Å². The zero-order valence-corrected chi connectivity index (χ0v) is 48.2. The van der Waals surface area contributed by atoms with Crippen LogP contribution in [0.4, 0.5) is 0 Å². The molecule has 0 aromatic carbocycles. The van der Waals surface area contributed by atoms with Crippen LogP contribution in [0.2, 0.25) is 0 Å². The molecule has 1 aliphatic heterocycles. The van der Waals surface area contributed by atoms with Gasteiger partial charge in [0, 0.05) is 12.8 Å². The molecule has 12 heteroatoms. The van der Waals surface area contributed by atoms with Crippen LogP contribution in [-0.4, -0.2) is 89.2 Å². The van der Waals surface area contributed by atoms with E-state index in [1.165, 1.54) is 77.0 Å². The molecule has 12 nitrogen and oxygen atoms in total. The van der Waals surface area contributed by atoms with Gasteiger partial charge in [-0.05, 0) is 103 Å². The molecule has 0 amide bonds. The van der Waals surface area contributed by atoms with Crippen LogP contribution < -0.4 is 0 Å². The normalized spacial score (nSPS) is 18.7. The summed E-state index contributed by atoms with van der Waals surface area (Å²) in [7, 11) is 0. The summed E-state index contributed by atoms with van der Waals surface area (Å²) < 4.78 is 28.3. The molecule has 1 aliphatic rings. The molecule has 6 unspecified atom stereocenters. The van der Waals surface area contributed by atoms with Gasteiger partial charge in [-0.3, -0.25) is 14.4 Å². The van der Waals surface area contributed by atoms with Gasteiger partial charge in [0.05, 0.1) is 13.0 Å². The van der Waals surface area contributed by atoms with Crippen LogP contribution in [0, 0.1) is 0 Å². The second kappa shape index (κ2) is 52.3. The van der Waals surface area contributed by atoms with Crippen molar-refractivity contribution in [2.75, 3.05) is 13.2 Å². The number of allylic oxidation sites excluding steroid dienone is 15. The minimum Gasteiger partial charge on any atom is -0.479 e. The third-order valence-corrected chi connectivity index (χ3v) is 13.1. The third kappa shape index (κ3) is 42.3. The van der Waals surface area contributed by atoms with E-state index in [0.717, 1.165) is 103 Å². The smallest absolute Gasteiger partial charge is 0.335 e. The first-order chi connectivity index (χ1) is 37.6. The molecule has 3 N–H and O–H groups in total. The van der Waals surface area contributed by atoms with Crippen LogP contribution in [0.1, 0.15) is 239 Å². The van der Waals surface area contributed by atoms with Crippen LogP contribution in [-0.2, 0) is 42.9 Å². The van der Waals surface area contributed by atoms with E-state index in [-0.39, 0.29) is 25.9 Å². The Morgan fingerprint density at radius 1 is 0.455 bits per heavy atom. The Morgan fingerprint density at radius 3 is 1.35 bits per heavy atom. The molecule has 438 valence electrons. The van der Waals surface area contributed by atoms with Gasteiger partial charge in [-0.1, -0.05) is 214 Å². The standard InChI is InChI=1S/C65H106O12/c1-4-7-10-13-16-19-22-25-28-29-32-33-36-39-42-45-48-51-57(66)73-54-56(75-58(67)52-49-46-43-40-37-34-30-26-23-20-17-14-11-8-5-2)55-74-65-63(61(70)60(69)62(77-65)64(71)72)76-59(68)53-50-47-44-41-38-35-31-27-24-21-18-15-12-9-6-3/h8,11,16-17,19-20,25-28,30-31,37,40,46,49,56,60-63,65,69-70H,4-7,9-10,12-15,18,21-24,29,32-36,38-39,41-45,47-48,50-55H2,1-3H3,(H,71,72)/b11-8-,19-16-,20-17-,28-25-,30-26-,31-27-,40-37-,49-46-. The summed E-state index contributed by atoms with van der Waals surface area (Å²) in [5.41, 5.74) is 0. The summed E-state index contributed by atoms with van der Waals surface area (Å²) >= 11 is 0. The van der Waals surface area contributed by atoms with Crippen molar-refractivity contribution in [1.82, 2.24) is 0 Å². The summed E-state index contributed by atoms with van der Waals surface area (Å²) in [6.45, 7) is 5.75. The average molecular weight is 1080 g/mol. The van der Waals surface area contributed by atoms with Crippen molar-refractivity contribution in [3.8, 4) is 0 Å². The molecule has 0 radical (unpaired) electrons. The number of ether oxygens (including phenoxy) is 5. The number of rotatable bonds is 50. The number of aliphatic hydroxyl groups excluding tert-OH is 2. The average Bonchev–Trinajstić information content (AvgIpc) is 3.43. The highest BCUT2D eigenvalue weighted by molar-refractivity contribution is 5.74. The molecule has 0 bridgehead atoms. The van der Waals surface area contributed by atoms with E-state index in [4.69, 9.17) is 23.7 Å². The highest BCUT2D eigenvalue weighted by atomic mass is 16.7. The topological polar surface area (TPSA) is 175 Å². The van der Waals surface area contributed by atoms with E-state index in [1.54, 1.807) is 6.08 Å². The quantitative estimate of drug-likeness (QED) is 0.0228. The number of esters is 3. The molecule has 0 saturated carbocycles. The van der Waals surface area contributed by atoms with E-state index in [9.17, 15) is 34.5 Å². The van der Waals surface area contributed by atoms with Crippen LogP contribution >= 0.6 is 0 Å². The molecule has 1 saturated heterocycles. The van der Waals surface area contributed by atoms with Gasteiger partial charge in [0.25, 0.3) is 0 Å².